The first-order chi connectivity index (χ1) is 9.38. The Balaban J connectivity index is 2.25. The molecule has 20 heavy (non-hydrogen) atoms. The molecule has 0 radical (unpaired) electrons. The summed E-state index contributed by atoms with van der Waals surface area (Å²) < 4.78 is 0. The summed E-state index contributed by atoms with van der Waals surface area (Å²) in [6.07, 6.45) is 1.21. The van der Waals surface area contributed by atoms with Crippen molar-refractivity contribution >= 4 is 0 Å². The monoisotopic (exact) mass is 274 g/mol. The Morgan fingerprint density at radius 1 is 1.25 bits per heavy atom. The van der Waals surface area contributed by atoms with Crippen LogP contribution in [0.5, 0.6) is 0 Å². The van der Waals surface area contributed by atoms with Gasteiger partial charge in [-0.15, -0.1) is 0 Å². The van der Waals surface area contributed by atoms with Crippen LogP contribution in [0.15, 0.2) is 30.3 Å². The molecule has 1 aromatic carbocycles. The van der Waals surface area contributed by atoms with Crippen molar-refractivity contribution in [2.45, 2.75) is 52.6 Å². The van der Waals surface area contributed by atoms with E-state index in [0.29, 0.717) is 11.5 Å². The van der Waals surface area contributed by atoms with Gasteiger partial charge in [0, 0.05) is 19.1 Å². The molecular formula is C18H30N2. The molecule has 2 unspecified atom stereocenters. The quantitative estimate of drug-likeness (QED) is 0.905. The smallest absolute Gasteiger partial charge is 0.0558 e. The zero-order valence-corrected chi connectivity index (χ0v) is 13.7. The highest BCUT2D eigenvalue weighted by Crippen LogP contribution is 2.34. The molecule has 0 saturated carbocycles. The number of rotatable bonds is 3. The van der Waals surface area contributed by atoms with Crippen molar-refractivity contribution in [3.05, 3.63) is 35.9 Å². The molecule has 2 nitrogen and oxygen atoms in total. The minimum absolute atomic E-state index is 0.110. The van der Waals surface area contributed by atoms with E-state index in [0.717, 1.165) is 13.1 Å². The number of hydrogen-bond acceptors (Lipinski definition) is 2. The summed E-state index contributed by atoms with van der Waals surface area (Å²) in [6, 6.07) is 11.5. The summed E-state index contributed by atoms with van der Waals surface area (Å²) in [5.41, 5.74) is 1.84. The highest BCUT2D eigenvalue weighted by atomic mass is 15.3. The third kappa shape index (κ3) is 3.07. The van der Waals surface area contributed by atoms with Gasteiger partial charge in [-0.25, -0.2) is 0 Å². The molecule has 0 aromatic heterocycles. The van der Waals surface area contributed by atoms with Gasteiger partial charge in [0.05, 0.1) is 5.54 Å². The van der Waals surface area contributed by atoms with Crippen LogP contribution in [0.4, 0.5) is 0 Å². The van der Waals surface area contributed by atoms with Crippen LogP contribution in [0.1, 0.15) is 46.6 Å². The number of nitrogens with one attached hydrogen (secondary N) is 1. The van der Waals surface area contributed by atoms with E-state index >= 15 is 0 Å². The maximum absolute atomic E-state index is 3.79. The van der Waals surface area contributed by atoms with Crippen LogP contribution in [0, 0.1) is 5.41 Å². The van der Waals surface area contributed by atoms with Crippen molar-refractivity contribution in [3.8, 4) is 0 Å². The van der Waals surface area contributed by atoms with E-state index in [1.165, 1.54) is 18.5 Å². The lowest BCUT2D eigenvalue weighted by Gasteiger charge is -2.51. The van der Waals surface area contributed by atoms with Crippen LogP contribution >= 0.6 is 0 Å². The van der Waals surface area contributed by atoms with Gasteiger partial charge in [0.1, 0.15) is 0 Å². The Labute approximate surface area is 124 Å². The van der Waals surface area contributed by atoms with Crippen molar-refractivity contribution in [3.63, 3.8) is 0 Å². The number of hydrogen-bond donors (Lipinski definition) is 1. The highest BCUT2D eigenvalue weighted by molar-refractivity contribution is 5.25. The first-order valence-electron chi connectivity index (χ1n) is 7.92. The molecule has 1 aliphatic rings. The van der Waals surface area contributed by atoms with E-state index in [2.05, 4.69) is 75.2 Å². The molecule has 0 aliphatic carbocycles. The van der Waals surface area contributed by atoms with Crippen LogP contribution in [-0.4, -0.2) is 30.6 Å². The van der Waals surface area contributed by atoms with E-state index < -0.39 is 0 Å². The molecule has 112 valence electrons. The number of piperazine rings is 1. The average Bonchev–Trinajstić information content (AvgIpc) is 2.41. The maximum Gasteiger partial charge on any atom is 0.0558 e. The Kier molecular flexibility index (Phi) is 4.55. The molecule has 0 spiro atoms. The summed E-state index contributed by atoms with van der Waals surface area (Å²) in [7, 11) is 0. The summed E-state index contributed by atoms with van der Waals surface area (Å²) in [6.45, 7) is 15.0. The molecule has 1 aromatic rings. The Morgan fingerprint density at radius 2 is 1.90 bits per heavy atom. The van der Waals surface area contributed by atoms with Crippen molar-refractivity contribution in [1.82, 2.24) is 10.2 Å². The first kappa shape index (κ1) is 15.5. The second-order valence-corrected chi connectivity index (χ2v) is 7.39. The molecule has 2 atom stereocenters. The van der Waals surface area contributed by atoms with E-state index in [9.17, 15) is 0 Å². The molecular weight excluding hydrogens is 244 g/mol. The fraction of sp³-hybridized carbons (Fsp3) is 0.667. The third-order valence-corrected chi connectivity index (χ3v) is 4.73. The predicted molar refractivity (Wildman–Crippen MR) is 86.9 cm³/mol. The van der Waals surface area contributed by atoms with Gasteiger partial charge in [-0.3, -0.25) is 4.90 Å². The summed E-state index contributed by atoms with van der Waals surface area (Å²) >= 11 is 0. The lowest BCUT2D eigenvalue weighted by molar-refractivity contribution is 0.0221. The van der Waals surface area contributed by atoms with Gasteiger partial charge in [-0.05, 0) is 30.9 Å². The lowest BCUT2D eigenvalue weighted by atomic mass is 9.80. The van der Waals surface area contributed by atoms with Gasteiger partial charge in [-0.1, -0.05) is 58.0 Å². The fourth-order valence-electron chi connectivity index (χ4n) is 3.19. The Hall–Kier alpha value is -0.860. The summed E-state index contributed by atoms with van der Waals surface area (Å²) in [5, 5.41) is 3.79. The average molecular weight is 274 g/mol. The summed E-state index contributed by atoms with van der Waals surface area (Å²) in [4.78, 5) is 2.68. The van der Waals surface area contributed by atoms with Gasteiger partial charge in [0.25, 0.3) is 0 Å². The maximum atomic E-state index is 3.79. The van der Waals surface area contributed by atoms with Gasteiger partial charge in [0.15, 0.2) is 0 Å². The van der Waals surface area contributed by atoms with Crippen molar-refractivity contribution < 1.29 is 0 Å². The zero-order chi connectivity index (χ0) is 14.8. The SMILES string of the molecule is CCCN1CC(C(C)(C)C)NCC1(C)c1ccccc1. The molecule has 0 amide bonds. The van der Waals surface area contributed by atoms with Crippen molar-refractivity contribution in [2.24, 2.45) is 5.41 Å². The zero-order valence-electron chi connectivity index (χ0n) is 13.7. The first-order valence-corrected chi connectivity index (χ1v) is 7.92. The second kappa shape index (κ2) is 5.87. The van der Waals surface area contributed by atoms with Crippen LogP contribution in [0.3, 0.4) is 0 Å². The number of benzene rings is 1. The normalized spacial score (nSPS) is 28.6. The topological polar surface area (TPSA) is 15.3 Å². The molecule has 0 bridgehead atoms. The van der Waals surface area contributed by atoms with E-state index in [-0.39, 0.29) is 5.54 Å². The van der Waals surface area contributed by atoms with Gasteiger partial charge in [-0.2, -0.15) is 0 Å². The Bertz CT molecular complexity index is 421. The van der Waals surface area contributed by atoms with Crippen LogP contribution in [0.2, 0.25) is 0 Å². The highest BCUT2D eigenvalue weighted by Gasteiger charge is 2.41. The predicted octanol–water partition coefficient (Wildman–Crippen LogP) is 3.63. The molecule has 1 heterocycles. The molecule has 2 heteroatoms. The van der Waals surface area contributed by atoms with Crippen molar-refractivity contribution in [2.75, 3.05) is 19.6 Å². The third-order valence-electron chi connectivity index (χ3n) is 4.73. The second-order valence-electron chi connectivity index (χ2n) is 7.39. The lowest BCUT2D eigenvalue weighted by Crippen LogP contribution is -2.64. The van der Waals surface area contributed by atoms with Crippen LogP contribution < -0.4 is 5.32 Å². The minimum Gasteiger partial charge on any atom is -0.310 e. The standard InChI is InChI=1S/C18H30N2/c1-6-12-20-13-16(17(2,3)4)19-14-18(20,5)15-10-8-7-9-11-15/h7-11,16,19H,6,12-14H2,1-5H3. The fourth-order valence-corrected chi connectivity index (χ4v) is 3.19. The molecule has 2 rings (SSSR count). The largest absolute Gasteiger partial charge is 0.310 e. The van der Waals surface area contributed by atoms with Crippen LogP contribution in [-0.2, 0) is 5.54 Å². The molecule has 1 N–H and O–H groups in total. The molecule has 1 saturated heterocycles. The molecule has 1 aliphatic heterocycles. The Morgan fingerprint density at radius 3 is 2.45 bits per heavy atom. The summed E-state index contributed by atoms with van der Waals surface area (Å²) in [5.74, 6) is 0. The van der Waals surface area contributed by atoms with Gasteiger partial charge >= 0.3 is 0 Å². The minimum atomic E-state index is 0.110. The van der Waals surface area contributed by atoms with Crippen molar-refractivity contribution in [1.29, 1.82) is 0 Å². The molecule has 1 fully saturated rings. The van der Waals surface area contributed by atoms with Gasteiger partial charge in [0.2, 0.25) is 0 Å². The van der Waals surface area contributed by atoms with E-state index in [1.54, 1.807) is 0 Å². The number of nitrogens with zero attached hydrogens (tertiary/aromatic N) is 1. The van der Waals surface area contributed by atoms with Crippen LogP contribution in [0.25, 0.3) is 0 Å². The van der Waals surface area contributed by atoms with E-state index in [4.69, 9.17) is 0 Å². The van der Waals surface area contributed by atoms with E-state index in [1.807, 2.05) is 0 Å². The van der Waals surface area contributed by atoms with Gasteiger partial charge < -0.3 is 5.32 Å².